The molecule has 0 saturated carbocycles. The zero-order valence-corrected chi connectivity index (χ0v) is 12.2. The van der Waals surface area contributed by atoms with Crippen molar-refractivity contribution in [2.24, 2.45) is 0 Å². The molecule has 0 saturated heterocycles. The highest BCUT2D eigenvalue weighted by Crippen LogP contribution is 2.30. The average Bonchev–Trinajstić information content (AvgIpc) is 2.85. The molecular formula is C13H13N3O4S. The van der Waals surface area contributed by atoms with Crippen LogP contribution < -0.4 is 5.32 Å². The minimum atomic E-state index is -1.20. The summed E-state index contributed by atoms with van der Waals surface area (Å²) in [5.41, 5.74) is 0.768. The van der Waals surface area contributed by atoms with Crippen molar-refractivity contribution in [3.63, 3.8) is 0 Å². The topological polar surface area (TPSA) is 105 Å². The van der Waals surface area contributed by atoms with Crippen LogP contribution in [0.1, 0.15) is 34.0 Å². The van der Waals surface area contributed by atoms with Crippen LogP contribution in [0.25, 0.3) is 0 Å². The van der Waals surface area contributed by atoms with Gasteiger partial charge >= 0.3 is 5.97 Å². The summed E-state index contributed by atoms with van der Waals surface area (Å²) in [6.07, 6.45) is 0. The number of hydrogen-bond acceptors (Lipinski definition) is 6. The van der Waals surface area contributed by atoms with Gasteiger partial charge in [0.25, 0.3) is 5.69 Å². The third-order valence-electron chi connectivity index (χ3n) is 2.82. The van der Waals surface area contributed by atoms with Crippen molar-refractivity contribution in [1.29, 1.82) is 0 Å². The Morgan fingerprint density at radius 3 is 2.76 bits per heavy atom. The molecule has 0 spiro atoms. The summed E-state index contributed by atoms with van der Waals surface area (Å²) in [4.78, 5) is 25.7. The molecule has 8 heteroatoms. The molecule has 0 fully saturated rings. The maximum Gasteiger partial charge on any atom is 0.335 e. The molecule has 2 aromatic rings. The normalized spacial score (nSPS) is 11.9. The van der Waals surface area contributed by atoms with Crippen LogP contribution in [0.4, 0.5) is 11.4 Å². The molecule has 2 N–H and O–H groups in total. The summed E-state index contributed by atoms with van der Waals surface area (Å²) >= 11 is 1.46. The van der Waals surface area contributed by atoms with Crippen LogP contribution in [0.2, 0.25) is 0 Å². The minimum Gasteiger partial charge on any atom is -0.478 e. The second kappa shape index (κ2) is 5.88. The molecule has 0 radical (unpaired) electrons. The van der Waals surface area contributed by atoms with E-state index in [9.17, 15) is 14.9 Å². The highest BCUT2D eigenvalue weighted by Gasteiger charge is 2.19. The first-order chi connectivity index (χ1) is 9.88. The lowest BCUT2D eigenvalue weighted by Crippen LogP contribution is -2.09. The van der Waals surface area contributed by atoms with Gasteiger partial charge in [-0.2, -0.15) is 0 Å². The van der Waals surface area contributed by atoms with Crippen LogP contribution in [0.5, 0.6) is 0 Å². The molecule has 1 aromatic carbocycles. The smallest absolute Gasteiger partial charge is 0.335 e. The van der Waals surface area contributed by atoms with E-state index in [1.807, 2.05) is 19.2 Å². The number of anilines is 1. The lowest BCUT2D eigenvalue weighted by Gasteiger charge is -2.13. The predicted octanol–water partition coefficient (Wildman–Crippen LogP) is 3.23. The van der Waals surface area contributed by atoms with E-state index in [0.29, 0.717) is 0 Å². The molecule has 7 nitrogen and oxygen atoms in total. The average molecular weight is 307 g/mol. The highest BCUT2D eigenvalue weighted by atomic mass is 32.1. The summed E-state index contributed by atoms with van der Waals surface area (Å²) in [6.45, 7) is 3.71. The van der Waals surface area contributed by atoms with Gasteiger partial charge in [0.15, 0.2) is 0 Å². The number of carboxylic acid groups (broad SMARTS) is 1. The van der Waals surface area contributed by atoms with Crippen LogP contribution >= 0.6 is 11.3 Å². The van der Waals surface area contributed by atoms with Gasteiger partial charge < -0.3 is 10.4 Å². The Morgan fingerprint density at radius 2 is 2.24 bits per heavy atom. The first-order valence-electron chi connectivity index (χ1n) is 6.08. The van der Waals surface area contributed by atoms with Gasteiger partial charge in [0.05, 0.1) is 16.5 Å². The van der Waals surface area contributed by atoms with E-state index < -0.39 is 10.9 Å². The first-order valence-corrected chi connectivity index (χ1v) is 6.96. The van der Waals surface area contributed by atoms with Gasteiger partial charge in [-0.1, -0.05) is 0 Å². The lowest BCUT2D eigenvalue weighted by atomic mass is 10.1. The number of benzene rings is 1. The number of nitrogens with zero attached hydrogens (tertiary/aromatic N) is 2. The SMILES string of the molecule is Cc1csc(C(C)Nc2ccc(C(=O)O)cc2[N+](=O)[O-])n1. The summed E-state index contributed by atoms with van der Waals surface area (Å²) in [6, 6.07) is 3.57. The third kappa shape index (κ3) is 3.34. The molecule has 0 amide bonds. The summed E-state index contributed by atoms with van der Waals surface area (Å²) < 4.78 is 0. The molecule has 1 unspecified atom stereocenters. The van der Waals surface area contributed by atoms with Gasteiger partial charge in [0.2, 0.25) is 0 Å². The van der Waals surface area contributed by atoms with Crippen molar-refractivity contribution in [2.45, 2.75) is 19.9 Å². The minimum absolute atomic E-state index is 0.120. The van der Waals surface area contributed by atoms with Crippen molar-refractivity contribution in [3.05, 3.63) is 50.0 Å². The number of thiazole rings is 1. The van der Waals surface area contributed by atoms with Crippen LogP contribution in [-0.2, 0) is 0 Å². The molecule has 1 aromatic heterocycles. The monoisotopic (exact) mass is 307 g/mol. The molecule has 1 heterocycles. The number of hydrogen-bond donors (Lipinski definition) is 2. The van der Waals surface area contributed by atoms with Crippen LogP contribution in [0.3, 0.4) is 0 Å². The molecule has 0 aliphatic heterocycles. The van der Waals surface area contributed by atoms with Gasteiger partial charge in [-0.15, -0.1) is 11.3 Å². The molecule has 2 rings (SSSR count). The molecule has 1 atom stereocenters. The molecule has 0 bridgehead atoms. The predicted molar refractivity (Wildman–Crippen MR) is 78.9 cm³/mol. The summed E-state index contributed by atoms with van der Waals surface area (Å²) in [5.74, 6) is -1.20. The van der Waals surface area contributed by atoms with Gasteiger partial charge in [-0.05, 0) is 26.0 Å². The number of rotatable bonds is 5. The Bertz CT molecular complexity index is 698. The van der Waals surface area contributed by atoms with Gasteiger partial charge in [0, 0.05) is 17.1 Å². The molecular weight excluding hydrogens is 294 g/mol. The number of aromatic carboxylic acids is 1. The maximum absolute atomic E-state index is 11.1. The zero-order valence-electron chi connectivity index (χ0n) is 11.4. The number of nitro benzene ring substituents is 1. The van der Waals surface area contributed by atoms with Crippen LogP contribution in [0.15, 0.2) is 23.6 Å². The summed E-state index contributed by atoms with van der Waals surface area (Å²) in [5, 5.41) is 25.7. The van der Waals surface area contributed by atoms with Crippen molar-refractivity contribution in [1.82, 2.24) is 4.98 Å². The quantitative estimate of drug-likeness (QED) is 0.649. The fraction of sp³-hybridized carbons (Fsp3) is 0.231. The number of nitro groups is 1. The number of carbonyl (C=O) groups is 1. The fourth-order valence-corrected chi connectivity index (χ4v) is 2.61. The van der Waals surface area contributed by atoms with Crippen molar-refractivity contribution in [3.8, 4) is 0 Å². The molecule has 110 valence electrons. The third-order valence-corrected chi connectivity index (χ3v) is 3.97. The van der Waals surface area contributed by atoms with Gasteiger partial charge in [-0.3, -0.25) is 10.1 Å². The second-order valence-corrected chi connectivity index (χ2v) is 5.38. The number of nitrogens with one attached hydrogen (secondary N) is 1. The Morgan fingerprint density at radius 1 is 1.52 bits per heavy atom. The van der Waals surface area contributed by atoms with E-state index in [1.165, 1.54) is 23.5 Å². The first kappa shape index (κ1) is 14.9. The fourth-order valence-electron chi connectivity index (χ4n) is 1.80. The van der Waals surface area contributed by atoms with Crippen molar-refractivity contribution < 1.29 is 14.8 Å². The van der Waals surface area contributed by atoms with E-state index in [2.05, 4.69) is 10.3 Å². The number of aromatic nitrogens is 1. The van der Waals surface area contributed by atoms with E-state index in [-0.39, 0.29) is 23.0 Å². The largest absolute Gasteiger partial charge is 0.478 e. The van der Waals surface area contributed by atoms with Crippen molar-refractivity contribution in [2.75, 3.05) is 5.32 Å². The highest BCUT2D eigenvalue weighted by molar-refractivity contribution is 7.09. The Kier molecular flexibility index (Phi) is 4.18. The second-order valence-electron chi connectivity index (χ2n) is 4.49. The molecule has 21 heavy (non-hydrogen) atoms. The van der Waals surface area contributed by atoms with Crippen molar-refractivity contribution >= 4 is 28.7 Å². The lowest BCUT2D eigenvalue weighted by molar-refractivity contribution is -0.384. The van der Waals surface area contributed by atoms with E-state index in [1.54, 1.807) is 0 Å². The summed E-state index contributed by atoms with van der Waals surface area (Å²) in [7, 11) is 0. The maximum atomic E-state index is 11.1. The van der Waals surface area contributed by atoms with E-state index in [0.717, 1.165) is 16.8 Å². The van der Waals surface area contributed by atoms with Gasteiger partial charge in [0.1, 0.15) is 10.7 Å². The Balaban J connectivity index is 2.31. The zero-order chi connectivity index (χ0) is 15.6. The Labute approximate surface area is 124 Å². The van der Waals surface area contributed by atoms with E-state index in [4.69, 9.17) is 5.11 Å². The Hall–Kier alpha value is -2.48. The standard InChI is InChI=1S/C13H13N3O4S/c1-7-6-21-12(14-7)8(2)15-10-4-3-9(13(17)18)5-11(10)16(19)20/h3-6,8,15H,1-2H3,(H,17,18). The molecule has 0 aliphatic rings. The van der Waals surface area contributed by atoms with Crippen LogP contribution in [-0.4, -0.2) is 21.0 Å². The number of aryl methyl sites for hydroxylation is 1. The van der Waals surface area contributed by atoms with Crippen LogP contribution in [0, 0.1) is 17.0 Å². The van der Waals surface area contributed by atoms with Gasteiger partial charge in [-0.25, -0.2) is 9.78 Å². The number of carboxylic acids is 1. The molecule has 0 aliphatic carbocycles. The van der Waals surface area contributed by atoms with E-state index >= 15 is 0 Å².